The molecule has 0 saturated carbocycles. The second-order valence-electron chi connectivity index (χ2n) is 4.77. The van der Waals surface area contributed by atoms with Crippen LogP contribution in [0.1, 0.15) is 24.3 Å². The Kier molecular flexibility index (Phi) is 4.46. The standard InChI is InChI=1S/C11H18N4O3S/c1-11(2,19(4,17)18)7-13-9-6-5-8(14-15-9)10(16)12-3/h5-6H,7H2,1-4H3,(H,12,16)(H,13,15). The lowest BCUT2D eigenvalue weighted by molar-refractivity contribution is 0.0957. The summed E-state index contributed by atoms with van der Waals surface area (Å²) in [5, 5.41) is 12.9. The molecule has 0 aliphatic rings. The summed E-state index contributed by atoms with van der Waals surface area (Å²) >= 11 is 0. The molecule has 0 fully saturated rings. The molecule has 106 valence electrons. The molecule has 1 rings (SSSR count). The number of hydrogen-bond acceptors (Lipinski definition) is 6. The SMILES string of the molecule is CNC(=O)c1ccc(NCC(C)(C)S(C)(=O)=O)nn1. The van der Waals surface area contributed by atoms with Crippen LogP contribution < -0.4 is 10.6 Å². The second-order valence-corrected chi connectivity index (χ2v) is 7.42. The van der Waals surface area contributed by atoms with Gasteiger partial charge >= 0.3 is 0 Å². The van der Waals surface area contributed by atoms with E-state index in [0.29, 0.717) is 5.82 Å². The fourth-order valence-corrected chi connectivity index (χ4v) is 1.44. The molecule has 0 aromatic carbocycles. The largest absolute Gasteiger partial charge is 0.367 e. The van der Waals surface area contributed by atoms with E-state index in [4.69, 9.17) is 0 Å². The molecule has 0 spiro atoms. The zero-order valence-electron chi connectivity index (χ0n) is 11.4. The van der Waals surface area contributed by atoms with Gasteiger partial charge in [0.25, 0.3) is 5.91 Å². The highest BCUT2D eigenvalue weighted by Gasteiger charge is 2.29. The number of carbonyl (C=O) groups excluding carboxylic acids is 1. The Hall–Kier alpha value is -1.70. The highest BCUT2D eigenvalue weighted by molar-refractivity contribution is 7.92. The van der Waals surface area contributed by atoms with Crippen molar-refractivity contribution in [2.45, 2.75) is 18.6 Å². The summed E-state index contributed by atoms with van der Waals surface area (Å²) in [5.74, 6) is 0.0971. The fraction of sp³-hybridized carbons (Fsp3) is 0.545. The van der Waals surface area contributed by atoms with E-state index in [9.17, 15) is 13.2 Å². The molecule has 0 aliphatic heterocycles. The van der Waals surface area contributed by atoms with Crippen LogP contribution in [0.15, 0.2) is 12.1 Å². The third-order valence-electron chi connectivity index (χ3n) is 2.82. The van der Waals surface area contributed by atoms with Gasteiger partial charge < -0.3 is 10.6 Å². The average Bonchev–Trinajstić information content (AvgIpc) is 2.35. The van der Waals surface area contributed by atoms with E-state index in [2.05, 4.69) is 20.8 Å². The number of hydrogen-bond donors (Lipinski definition) is 2. The summed E-state index contributed by atoms with van der Waals surface area (Å²) in [4.78, 5) is 11.3. The first-order valence-electron chi connectivity index (χ1n) is 5.66. The summed E-state index contributed by atoms with van der Waals surface area (Å²) in [6, 6.07) is 3.09. The maximum absolute atomic E-state index is 11.5. The number of nitrogens with zero attached hydrogens (tertiary/aromatic N) is 2. The maximum atomic E-state index is 11.5. The molecule has 0 aliphatic carbocycles. The Labute approximate surface area is 112 Å². The number of amides is 1. The molecule has 8 heteroatoms. The molecule has 0 bridgehead atoms. The van der Waals surface area contributed by atoms with Gasteiger partial charge in [0.2, 0.25) is 0 Å². The molecule has 0 atom stereocenters. The number of sulfone groups is 1. The fourth-order valence-electron chi connectivity index (χ4n) is 1.11. The van der Waals surface area contributed by atoms with Gasteiger partial charge in [-0.1, -0.05) is 0 Å². The zero-order chi connectivity index (χ0) is 14.7. The van der Waals surface area contributed by atoms with Crippen LogP contribution in [-0.4, -0.2) is 49.1 Å². The van der Waals surface area contributed by atoms with Gasteiger partial charge in [0.1, 0.15) is 5.82 Å². The van der Waals surface area contributed by atoms with E-state index >= 15 is 0 Å². The minimum atomic E-state index is -3.17. The van der Waals surface area contributed by atoms with Crippen LogP contribution in [0.4, 0.5) is 5.82 Å². The number of nitrogens with one attached hydrogen (secondary N) is 2. The quantitative estimate of drug-likeness (QED) is 0.794. The minimum absolute atomic E-state index is 0.204. The van der Waals surface area contributed by atoms with E-state index < -0.39 is 14.6 Å². The molecule has 1 heterocycles. The Morgan fingerprint density at radius 1 is 1.32 bits per heavy atom. The summed E-state index contributed by atoms with van der Waals surface area (Å²) in [7, 11) is -1.67. The van der Waals surface area contributed by atoms with Crippen LogP contribution >= 0.6 is 0 Å². The van der Waals surface area contributed by atoms with E-state index in [1.54, 1.807) is 19.9 Å². The smallest absolute Gasteiger partial charge is 0.271 e. The van der Waals surface area contributed by atoms with Crippen molar-refractivity contribution in [3.63, 3.8) is 0 Å². The first-order chi connectivity index (χ1) is 8.67. The van der Waals surface area contributed by atoms with E-state index in [1.807, 2.05) is 0 Å². The number of rotatable bonds is 5. The van der Waals surface area contributed by atoms with Gasteiger partial charge in [-0.2, -0.15) is 0 Å². The molecule has 7 nitrogen and oxygen atoms in total. The van der Waals surface area contributed by atoms with Crippen molar-refractivity contribution in [2.24, 2.45) is 0 Å². The Morgan fingerprint density at radius 2 is 1.95 bits per heavy atom. The van der Waals surface area contributed by atoms with Crippen molar-refractivity contribution in [2.75, 3.05) is 25.2 Å². The number of aromatic nitrogens is 2. The normalized spacial score (nSPS) is 12.0. The van der Waals surface area contributed by atoms with E-state index in [1.165, 1.54) is 19.4 Å². The Morgan fingerprint density at radius 3 is 2.37 bits per heavy atom. The first kappa shape index (κ1) is 15.4. The average molecular weight is 286 g/mol. The molecular formula is C11H18N4O3S. The summed E-state index contributed by atoms with van der Waals surface area (Å²) in [6.07, 6.45) is 1.19. The minimum Gasteiger partial charge on any atom is -0.367 e. The van der Waals surface area contributed by atoms with Crippen LogP contribution in [0, 0.1) is 0 Å². The summed E-state index contributed by atoms with van der Waals surface area (Å²) in [6.45, 7) is 3.46. The number of anilines is 1. The van der Waals surface area contributed by atoms with Gasteiger partial charge in [-0.25, -0.2) is 8.42 Å². The molecule has 1 amide bonds. The van der Waals surface area contributed by atoms with E-state index in [-0.39, 0.29) is 18.1 Å². The first-order valence-corrected chi connectivity index (χ1v) is 7.56. The lowest BCUT2D eigenvalue weighted by Crippen LogP contribution is -2.38. The molecular weight excluding hydrogens is 268 g/mol. The molecule has 1 aromatic rings. The Balaban J connectivity index is 2.72. The van der Waals surface area contributed by atoms with Crippen molar-refractivity contribution in [3.8, 4) is 0 Å². The highest BCUT2D eigenvalue weighted by Crippen LogP contribution is 2.15. The van der Waals surface area contributed by atoms with Crippen molar-refractivity contribution in [3.05, 3.63) is 17.8 Å². The van der Waals surface area contributed by atoms with Gasteiger partial charge in [-0.15, -0.1) is 10.2 Å². The van der Waals surface area contributed by atoms with Crippen LogP contribution in [0.25, 0.3) is 0 Å². The lowest BCUT2D eigenvalue weighted by Gasteiger charge is -2.22. The number of carbonyl (C=O) groups is 1. The van der Waals surface area contributed by atoms with Gasteiger partial charge in [-0.3, -0.25) is 4.79 Å². The maximum Gasteiger partial charge on any atom is 0.271 e. The van der Waals surface area contributed by atoms with Crippen molar-refractivity contribution in [1.82, 2.24) is 15.5 Å². The molecule has 0 radical (unpaired) electrons. The third-order valence-corrected chi connectivity index (χ3v) is 4.98. The van der Waals surface area contributed by atoms with E-state index in [0.717, 1.165) is 0 Å². The molecule has 1 aromatic heterocycles. The van der Waals surface area contributed by atoms with Gasteiger partial charge in [0.15, 0.2) is 15.5 Å². The predicted molar refractivity (Wildman–Crippen MR) is 72.8 cm³/mol. The van der Waals surface area contributed by atoms with Gasteiger partial charge in [0.05, 0.1) is 4.75 Å². The lowest BCUT2D eigenvalue weighted by atomic mass is 10.2. The van der Waals surface area contributed by atoms with Gasteiger partial charge in [-0.05, 0) is 26.0 Å². The predicted octanol–water partition coefficient (Wildman–Crippen LogP) is 0.0713. The van der Waals surface area contributed by atoms with Crippen LogP contribution in [0.3, 0.4) is 0 Å². The van der Waals surface area contributed by atoms with Crippen molar-refractivity contribution in [1.29, 1.82) is 0 Å². The summed E-state index contributed by atoms with van der Waals surface area (Å²) in [5.41, 5.74) is 0.204. The zero-order valence-corrected chi connectivity index (χ0v) is 12.2. The van der Waals surface area contributed by atoms with Crippen molar-refractivity contribution < 1.29 is 13.2 Å². The third kappa shape index (κ3) is 3.88. The topological polar surface area (TPSA) is 101 Å². The Bertz CT molecular complexity index is 552. The summed E-state index contributed by atoms with van der Waals surface area (Å²) < 4.78 is 22.1. The highest BCUT2D eigenvalue weighted by atomic mass is 32.2. The van der Waals surface area contributed by atoms with Crippen LogP contribution in [0.2, 0.25) is 0 Å². The van der Waals surface area contributed by atoms with Crippen molar-refractivity contribution >= 4 is 21.6 Å². The molecule has 0 saturated heterocycles. The second kappa shape index (κ2) is 5.52. The molecule has 19 heavy (non-hydrogen) atoms. The molecule has 2 N–H and O–H groups in total. The van der Waals surface area contributed by atoms with Gasteiger partial charge in [0, 0.05) is 19.8 Å². The van der Waals surface area contributed by atoms with Crippen LogP contribution in [0.5, 0.6) is 0 Å². The monoisotopic (exact) mass is 286 g/mol. The molecule has 0 unspecified atom stereocenters. The van der Waals surface area contributed by atoms with Crippen LogP contribution in [-0.2, 0) is 9.84 Å².